The highest BCUT2D eigenvalue weighted by Gasteiger charge is 2.00. The monoisotopic (exact) mass is 178 g/mol. The number of hydrogen-bond donors (Lipinski definition) is 1. The van der Waals surface area contributed by atoms with Gasteiger partial charge in [-0.2, -0.15) is 0 Å². The van der Waals surface area contributed by atoms with Gasteiger partial charge in [-0.3, -0.25) is 0 Å². The molecule has 60 valence electrons. The summed E-state index contributed by atoms with van der Waals surface area (Å²) in [5, 5.41) is 1.49. The Morgan fingerprint density at radius 2 is 1.58 bits per heavy atom. The van der Waals surface area contributed by atoms with Gasteiger partial charge in [0.25, 0.3) is 0 Å². The molecule has 2 aromatic carbocycles. The van der Waals surface area contributed by atoms with Crippen LogP contribution in [0.5, 0.6) is 0 Å². The van der Waals surface area contributed by atoms with Gasteiger partial charge in [-0.1, -0.05) is 24.3 Å². The Balaban J connectivity index is 2.95. The van der Waals surface area contributed by atoms with Crippen molar-refractivity contribution in [1.82, 2.24) is 0 Å². The normalized spacial score (nSPS) is 10.5. The fourth-order valence-electron chi connectivity index (χ4n) is 1.25. The fourth-order valence-corrected chi connectivity index (χ4v) is 1.52. The van der Waals surface area contributed by atoms with Crippen LogP contribution in [0.3, 0.4) is 0 Å². The van der Waals surface area contributed by atoms with E-state index < -0.39 is 0 Å². The zero-order chi connectivity index (χ0) is 8.55. The maximum absolute atomic E-state index is 13.1. The second-order valence-corrected chi connectivity index (χ2v) is 3.09. The Bertz CT molecular complexity index is 383. The number of benzene rings is 2. The largest absolute Gasteiger partial charge is 0.206 e. The highest BCUT2D eigenvalue weighted by Crippen LogP contribution is 2.23. The summed E-state index contributed by atoms with van der Waals surface area (Å²) in [6, 6.07) is 10.4. The summed E-state index contributed by atoms with van der Waals surface area (Å²) in [7, 11) is 0. The molecule has 0 aromatic heterocycles. The standard InChI is InChI=1S/C10H7FS/c11-9-5-6-10(12)8-4-2-1-3-7(8)9/h1-6,12H. The summed E-state index contributed by atoms with van der Waals surface area (Å²) < 4.78 is 13.1. The minimum atomic E-state index is -0.191. The molecule has 0 aliphatic carbocycles. The summed E-state index contributed by atoms with van der Waals surface area (Å²) in [6.45, 7) is 0. The van der Waals surface area contributed by atoms with E-state index in [1.54, 1.807) is 12.1 Å². The lowest BCUT2D eigenvalue weighted by Crippen LogP contribution is -1.79. The van der Waals surface area contributed by atoms with Gasteiger partial charge in [-0.15, -0.1) is 12.6 Å². The number of halogens is 1. The van der Waals surface area contributed by atoms with E-state index in [1.165, 1.54) is 6.07 Å². The van der Waals surface area contributed by atoms with Crippen LogP contribution in [0.25, 0.3) is 10.8 Å². The molecule has 0 spiro atoms. The van der Waals surface area contributed by atoms with Crippen molar-refractivity contribution in [2.24, 2.45) is 0 Å². The van der Waals surface area contributed by atoms with Gasteiger partial charge >= 0.3 is 0 Å². The van der Waals surface area contributed by atoms with Crippen molar-refractivity contribution in [3.8, 4) is 0 Å². The molecule has 0 radical (unpaired) electrons. The molecule has 0 aliphatic rings. The molecule has 2 aromatic rings. The maximum atomic E-state index is 13.1. The zero-order valence-corrected chi connectivity index (χ0v) is 7.18. The van der Waals surface area contributed by atoms with Crippen molar-refractivity contribution in [1.29, 1.82) is 0 Å². The molecule has 0 fully saturated rings. The Morgan fingerprint density at radius 1 is 0.917 bits per heavy atom. The fraction of sp³-hybridized carbons (Fsp3) is 0. The van der Waals surface area contributed by atoms with Crippen LogP contribution >= 0.6 is 12.6 Å². The van der Waals surface area contributed by atoms with Gasteiger partial charge in [0.1, 0.15) is 5.82 Å². The first-order valence-corrected chi connectivity index (χ1v) is 4.10. The van der Waals surface area contributed by atoms with E-state index >= 15 is 0 Å². The molecule has 0 atom stereocenters. The van der Waals surface area contributed by atoms with Crippen LogP contribution < -0.4 is 0 Å². The van der Waals surface area contributed by atoms with E-state index in [0.717, 1.165) is 10.3 Å². The van der Waals surface area contributed by atoms with E-state index in [9.17, 15) is 4.39 Å². The summed E-state index contributed by atoms with van der Waals surface area (Å²) in [4.78, 5) is 0.812. The molecule has 0 bridgehead atoms. The van der Waals surface area contributed by atoms with Crippen LogP contribution in [0.15, 0.2) is 41.3 Å². The Labute approximate surface area is 75.4 Å². The van der Waals surface area contributed by atoms with Gasteiger partial charge in [0.2, 0.25) is 0 Å². The van der Waals surface area contributed by atoms with Gasteiger partial charge in [0.15, 0.2) is 0 Å². The van der Waals surface area contributed by atoms with E-state index in [2.05, 4.69) is 12.6 Å². The minimum absolute atomic E-state index is 0.191. The predicted molar refractivity (Wildman–Crippen MR) is 51.2 cm³/mol. The summed E-state index contributed by atoms with van der Waals surface area (Å²) in [5.74, 6) is -0.191. The molecule has 0 nitrogen and oxygen atoms in total. The lowest BCUT2D eigenvalue weighted by atomic mass is 10.1. The average Bonchev–Trinajstić information content (AvgIpc) is 2.12. The van der Waals surface area contributed by atoms with Gasteiger partial charge in [-0.25, -0.2) is 4.39 Å². The third kappa shape index (κ3) is 1.08. The zero-order valence-electron chi connectivity index (χ0n) is 6.29. The molecule has 0 aliphatic heterocycles. The number of hydrogen-bond acceptors (Lipinski definition) is 1. The average molecular weight is 178 g/mol. The molecule has 0 amide bonds. The Kier molecular flexibility index (Phi) is 1.77. The number of thiol groups is 1. The molecule has 2 heteroatoms. The van der Waals surface area contributed by atoms with Crippen LogP contribution in [0.4, 0.5) is 4.39 Å². The molecule has 0 saturated heterocycles. The Morgan fingerprint density at radius 3 is 2.25 bits per heavy atom. The van der Waals surface area contributed by atoms with E-state index in [4.69, 9.17) is 0 Å². The van der Waals surface area contributed by atoms with Gasteiger partial charge in [-0.05, 0) is 17.5 Å². The third-order valence-electron chi connectivity index (χ3n) is 1.85. The van der Waals surface area contributed by atoms with Crippen molar-refractivity contribution in [2.45, 2.75) is 4.90 Å². The van der Waals surface area contributed by atoms with E-state index in [-0.39, 0.29) is 5.82 Å². The second kappa shape index (κ2) is 2.79. The van der Waals surface area contributed by atoms with Crippen molar-refractivity contribution < 1.29 is 4.39 Å². The number of fused-ring (bicyclic) bond motifs is 1. The van der Waals surface area contributed by atoms with Crippen molar-refractivity contribution in [2.75, 3.05) is 0 Å². The van der Waals surface area contributed by atoms with Gasteiger partial charge in [0.05, 0.1) is 0 Å². The molecule has 0 unspecified atom stereocenters. The van der Waals surface area contributed by atoms with Crippen LogP contribution in [-0.4, -0.2) is 0 Å². The smallest absolute Gasteiger partial charge is 0.131 e. The summed E-state index contributed by atoms with van der Waals surface area (Å²) >= 11 is 4.23. The number of rotatable bonds is 0. The van der Waals surface area contributed by atoms with Crippen LogP contribution in [0.1, 0.15) is 0 Å². The highest BCUT2D eigenvalue weighted by atomic mass is 32.1. The first-order valence-electron chi connectivity index (χ1n) is 3.65. The van der Waals surface area contributed by atoms with Crippen LogP contribution in [-0.2, 0) is 0 Å². The van der Waals surface area contributed by atoms with Crippen LogP contribution in [0, 0.1) is 5.82 Å². The first-order chi connectivity index (χ1) is 5.79. The predicted octanol–water partition coefficient (Wildman–Crippen LogP) is 3.27. The van der Waals surface area contributed by atoms with Crippen molar-refractivity contribution in [3.63, 3.8) is 0 Å². The molecule has 0 saturated carbocycles. The quantitative estimate of drug-likeness (QED) is 0.588. The summed E-state index contributed by atoms with van der Waals surface area (Å²) in [5.41, 5.74) is 0. The molecule has 12 heavy (non-hydrogen) atoms. The highest BCUT2D eigenvalue weighted by molar-refractivity contribution is 7.80. The van der Waals surface area contributed by atoms with Gasteiger partial charge in [0, 0.05) is 10.3 Å². The second-order valence-electron chi connectivity index (χ2n) is 2.61. The maximum Gasteiger partial charge on any atom is 0.131 e. The Hall–Kier alpha value is -1.02. The van der Waals surface area contributed by atoms with Crippen molar-refractivity contribution in [3.05, 3.63) is 42.2 Å². The summed E-state index contributed by atoms with van der Waals surface area (Å²) in [6.07, 6.45) is 0. The van der Waals surface area contributed by atoms with Crippen LogP contribution in [0.2, 0.25) is 0 Å². The van der Waals surface area contributed by atoms with E-state index in [0.29, 0.717) is 5.39 Å². The SMILES string of the molecule is Fc1ccc(S)c2ccccc12. The topological polar surface area (TPSA) is 0 Å². The molecule has 0 heterocycles. The molecular formula is C10H7FS. The molecular weight excluding hydrogens is 171 g/mol. The molecule has 2 rings (SSSR count). The molecule has 0 N–H and O–H groups in total. The lowest BCUT2D eigenvalue weighted by Gasteiger charge is -2.00. The minimum Gasteiger partial charge on any atom is -0.206 e. The first kappa shape index (κ1) is 7.62. The van der Waals surface area contributed by atoms with Gasteiger partial charge < -0.3 is 0 Å². The van der Waals surface area contributed by atoms with Crippen molar-refractivity contribution >= 4 is 23.4 Å². The lowest BCUT2D eigenvalue weighted by molar-refractivity contribution is 0.639. The van der Waals surface area contributed by atoms with E-state index in [1.807, 2.05) is 18.2 Å². The third-order valence-corrected chi connectivity index (χ3v) is 2.24.